The van der Waals surface area contributed by atoms with Crippen molar-refractivity contribution in [2.45, 2.75) is 83.7 Å². The number of likely N-dealkylation sites (N-methyl/N-ethyl adjacent to an activating group) is 1. The Balaban J connectivity index is 2.42. The Kier molecular flexibility index (Phi) is 10.5. The third-order valence-corrected chi connectivity index (χ3v) is 4.93. The fraction of sp³-hybridized carbons (Fsp3) is 0.682. The third kappa shape index (κ3) is 8.53. The van der Waals surface area contributed by atoms with Gasteiger partial charge in [-0.25, -0.2) is 0 Å². The van der Waals surface area contributed by atoms with Crippen LogP contribution >= 0.6 is 0 Å². The molecule has 0 saturated heterocycles. The minimum Gasteiger partial charge on any atom is -0.347 e. The van der Waals surface area contributed by atoms with Gasteiger partial charge < -0.3 is 4.90 Å². The Morgan fingerprint density at radius 3 is 2.08 bits per heavy atom. The lowest BCUT2D eigenvalue weighted by atomic mass is 9.91. The lowest BCUT2D eigenvalue weighted by Gasteiger charge is -2.32. The van der Waals surface area contributed by atoms with Crippen molar-refractivity contribution < 1.29 is 4.79 Å². The quantitative estimate of drug-likeness (QED) is 0.501. The molecular weight excluding hydrogens is 308 g/mol. The number of nitrogens with zero attached hydrogens (tertiary/aromatic N) is 1. The summed E-state index contributed by atoms with van der Waals surface area (Å²) < 4.78 is 0. The van der Waals surface area contributed by atoms with Gasteiger partial charge in [0.15, 0.2) is 0 Å². The molecule has 1 amide bonds. The molecule has 1 atom stereocenters. The molecule has 0 aliphatic carbocycles. The van der Waals surface area contributed by atoms with Crippen molar-refractivity contribution in [1.29, 1.82) is 0 Å². The van der Waals surface area contributed by atoms with E-state index >= 15 is 0 Å². The Labute approximate surface area is 155 Å². The van der Waals surface area contributed by atoms with Crippen LogP contribution in [0.2, 0.25) is 0 Å². The minimum absolute atomic E-state index is 0.173. The Bertz CT molecular complexity index is 472. The van der Waals surface area contributed by atoms with Gasteiger partial charge in [0, 0.05) is 20.6 Å². The second-order valence-corrected chi connectivity index (χ2v) is 7.60. The first-order chi connectivity index (χ1) is 12.0. The zero-order chi connectivity index (χ0) is 18.5. The molecule has 0 saturated carbocycles. The van der Waals surface area contributed by atoms with E-state index in [-0.39, 0.29) is 5.91 Å². The molecule has 1 aromatic carbocycles. The number of hydrogen-bond donors (Lipinski definition) is 1. The van der Waals surface area contributed by atoms with E-state index in [1.807, 2.05) is 32.3 Å². The number of nitrogens with one attached hydrogen (secondary N) is 1. The predicted molar refractivity (Wildman–Crippen MR) is 108 cm³/mol. The van der Waals surface area contributed by atoms with E-state index < -0.39 is 5.54 Å². The number of benzene rings is 1. The van der Waals surface area contributed by atoms with Crippen LogP contribution in [0.15, 0.2) is 30.3 Å². The van der Waals surface area contributed by atoms with Crippen LogP contribution in [-0.4, -0.2) is 30.4 Å². The van der Waals surface area contributed by atoms with Gasteiger partial charge in [-0.2, -0.15) is 0 Å². The predicted octanol–water partition coefficient (Wildman–Crippen LogP) is 5.15. The monoisotopic (exact) mass is 346 g/mol. The SMILES string of the molecule is CCCCCCCCCCC(C)(NCc1ccccc1)C(=O)N(C)C. The largest absolute Gasteiger partial charge is 0.347 e. The zero-order valence-electron chi connectivity index (χ0n) is 16.8. The molecule has 0 aliphatic heterocycles. The fourth-order valence-electron chi connectivity index (χ4n) is 3.27. The molecule has 3 heteroatoms. The van der Waals surface area contributed by atoms with E-state index in [4.69, 9.17) is 0 Å². The number of carbonyl (C=O) groups is 1. The maximum Gasteiger partial charge on any atom is 0.242 e. The van der Waals surface area contributed by atoms with E-state index in [0.29, 0.717) is 0 Å². The molecule has 0 spiro atoms. The highest BCUT2D eigenvalue weighted by molar-refractivity contribution is 5.85. The second-order valence-electron chi connectivity index (χ2n) is 7.60. The molecule has 0 aromatic heterocycles. The van der Waals surface area contributed by atoms with Crippen LogP contribution in [0.5, 0.6) is 0 Å². The van der Waals surface area contributed by atoms with Crippen molar-refractivity contribution >= 4 is 5.91 Å². The maximum atomic E-state index is 12.7. The molecule has 1 rings (SSSR count). The van der Waals surface area contributed by atoms with Crippen LogP contribution in [0.3, 0.4) is 0 Å². The average Bonchev–Trinajstić information content (AvgIpc) is 2.62. The summed E-state index contributed by atoms with van der Waals surface area (Å²) in [4.78, 5) is 14.4. The van der Waals surface area contributed by atoms with Crippen LogP contribution in [0, 0.1) is 0 Å². The molecule has 0 bridgehead atoms. The van der Waals surface area contributed by atoms with Crippen molar-refractivity contribution in [3.8, 4) is 0 Å². The lowest BCUT2D eigenvalue weighted by Crippen LogP contribution is -2.54. The first kappa shape index (κ1) is 21.7. The van der Waals surface area contributed by atoms with Gasteiger partial charge in [0.1, 0.15) is 0 Å². The highest BCUT2D eigenvalue weighted by Crippen LogP contribution is 2.19. The highest BCUT2D eigenvalue weighted by Gasteiger charge is 2.33. The van der Waals surface area contributed by atoms with Crippen LogP contribution in [0.1, 0.15) is 77.2 Å². The number of carbonyl (C=O) groups excluding carboxylic acids is 1. The van der Waals surface area contributed by atoms with Gasteiger partial charge >= 0.3 is 0 Å². The smallest absolute Gasteiger partial charge is 0.242 e. The minimum atomic E-state index is -0.485. The van der Waals surface area contributed by atoms with E-state index in [1.54, 1.807) is 4.90 Å². The Morgan fingerprint density at radius 1 is 0.960 bits per heavy atom. The zero-order valence-corrected chi connectivity index (χ0v) is 16.8. The van der Waals surface area contributed by atoms with E-state index in [2.05, 4.69) is 31.3 Å². The number of amides is 1. The van der Waals surface area contributed by atoms with Crippen LogP contribution in [-0.2, 0) is 11.3 Å². The molecule has 0 heterocycles. The molecular formula is C22H38N2O. The number of unbranched alkanes of at least 4 members (excludes halogenated alkanes) is 7. The van der Waals surface area contributed by atoms with Crippen LogP contribution in [0.4, 0.5) is 0 Å². The standard InChI is InChI=1S/C22H38N2O/c1-5-6-7-8-9-10-11-15-18-22(2,21(25)24(3)4)23-19-20-16-13-12-14-17-20/h12-14,16-17,23H,5-11,15,18-19H2,1-4H3. The van der Waals surface area contributed by atoms with E-state index in [0.717, 1.165) is 19.4 Å². The summed E-state index contributed by atoms with van der Waals surface area (Å²) in [5, 5.41) is 3.52. The summed E-state index contributed by atoms with van der Waals surface area (Å²) in [6.45, 7) is 5.04. The molecule has 1 aromatic rings. The molecule has 25 heavy (non-hydrogen) atoms. The van der Waals surface area contributed by atoms with Crippen LogP contribution < -0.4 is 5.32 Å². The van der Waals surface area contributed by atoms with Gasteiger partial charge in [-0.15, -0.1) is 0 Å². The van der Waals surface area contributed by atoms with Crippen LogP contribution in [0.25, 0.3) is 0 Å². The molecule has 142 valence electrons. The fourth-order valence-corrected chi connectivity index (χ4v) is 3.27. The van der Waals surface area contributed by atoms with Gasteiger partial charge in [0.25, 0.3) is 0 Å². The van der Waals surface area contributed by atoms with Gasteiger partial charge in [-0.05, 0) is 18.9 Å². The lowest BCUT2D eigenvalue weighted by molar-refractivity contribution is -0.135. The molecule has 1 N–H and O–H groups in total. The average molecular weight is 347 g/mol. The first-order valence-electron chi connectivity index (χ1n) is 10.0. The molecule has 0 radical (unpaired) electrons. The molecule has 0 fully saturated rings. The molecule has 0 aliphatic rings. The van der Waals surface area contributed by atoms with Gasteiger partial charge in [0.05, 0.1) is 5.54 Å². The van der Waals surface area contributed by atoms with Crippen molar-refractivity contribution in [3.63, 3.8) is 0 Å². The van der Waals surface area contributed by atoms with Gasteiger partial charge in [0.2, 0.25) is 5.91 Å². The van der Waals surface area contributed by atoms with Gasteiger partial charge in [-0.1, -0.05) is 88.6 Å². The summed E-state index contributed by atoms with van der Waals surface area (Å²) in [6, 6.07) is 10.3. The maximum absolute atomic E-state index is 12.7. The number of rotatable bonds is 13. The van der Waals surface area contributed by atoms with Gasteiger partial charge in [-0.3, -0.25) is 10.1 Å². The molecule has 1 unspecified atom stereocenters. The summed E-state index contributed by atoms with van der Waals surface area (Å²) in [5.41, 5.74) is 0.734. The summed E-state index contributed by atoms with van der Waals surface area (Å²) in [6.07, 6.45) is 11.2. The van der Waals surface area contributed by atoms with Crippen molar-refractivity contribution in [1.82, 2.24) is 10.2 Å². The normalized spacial score (nSPS) is 13.4. The highest BCUT2D eigenvalue weighted by atomic mass is 16.2. The Hall–Kier alpha value is -1.35. The van der Waals surface area contributed by atoms with Crippen molar-refractivity contribution in [2.24, 2.45) is 0 Å². The van der Waals surface area contributed by atoms with Crippen molar-refractivity contribution in [2.75, 3.05) is 14.1 Å². The van der Waals surface area contributed by atoms with E-state index in [1.165, 1.54) is 50.5 Å². The number of hydrogen-bond acceptors (Lipinski definition) is 2. The summed E-state index contributed by atoms with van der Waals surface area (Å²) in [7, 11) is 3.69. The third-order valence-electron chi connectivity index (χ3n) is 4.93. The second kappa shape index (κ2) is 12.1. The Morgan fingerprint density at radius 2 is 1.52 bits per heavy atom. The van der Waals surface area contributed by atoms with Crippen molar-refractivity contribution in [3.05, 3.63) is 35.9 Å². The summed E-state index contributed by atoms with van der Waals surface area (Å²) in [5.74, 6) is 0.173. The molecule has 3 nitrogen and oxygen atoms in total. The summed E-state index contributed by atoms with van der Waals surface area (Å²) >= 11 is 0. The van der Waals surface area contributed by atoms with E-state index in [9.17, 15) is 4.79 Å². The first-order valence-corrected chi connectivity index (χ1v) is 10.0. The topological polar surface area (TPSA) is 32.3 Å².